The fraction of sp³-hybridized carbons (Fsp3) is 0.350. The molecular weight excluding hydrogens is 416 g/mol. The van der Waals surface area contributed by atoms with Gasteiger partial charge in [0.25, 0.3) is 5.92 Å². The predicted octanol–water partition coefficient (Wildman–Crippen LogP) is 4.00. The zero-order valence-corrected chi connectivity index (χ0v) is 16.3. The summed E-state index contributed by atoms with van der Waals surface area (Å²) in [6.07, 6.45) is 5.65. The second kappa shape index (κ2) is 8.05. The molecule has 3 heterocycles. The van der Waals surface area contributed by atoms with Crippen molar-refractivity contribution >= 4 is 23.8 Å². The fourth-order valence-corrected chi connectivity index (χ4v) is 3.74. The minimum absolute atomic E-state index is 0.107. The molecule has 3 N–H and O–H groups in total. The Morgan fingerprint density at radius 2 is 2.10 bits per heavy atom. The number of benzene rings is 1. The molecule has 2 aliphatic heterocycles. The highest BCUT2D eigenvalue weighted by molar-refractivity contribution is 5.94. The molecule has 31 heavy (non-hydrogen) atoms. The molecule has 1 atom stereocenters. The molecule has 2 amide bonds. The Morgan fingerprint density at radius 1 is 1.32 bits per heavy atom. The van der Waals surface area contributed by atoms with Crippen molar-refractivity contribution in [2.75, 3.05) is 25.0 Å². The van der Waals surface area contributed by atoms with Gasteiger partial charge in [-0.3, -0.25) is 10.7 Å². The number of amidine groups is 1. The third-order valence-corrected chi connectivity index (χ3v) is 5.25. The van der Waals surface area contributed by atoms with Crippen LogP contribution in [0, 0.1) is 17.0 Å². The monoisotopic (exact) mass is 436 g/mol. The first-order valence-corrected chi connectivity index (χ1v) is 9.69. The lowest BCUT2D eigenvalue weighted by molar-refractivity contribution is -0.107. The number of hydrogen-bond donors (Lipinski definition) is 3. The Bertz CT molecular complexity index is 1030. The largest absolute Gasteiger partial charge is 0.350 e. The molecule has 0 spiro atoms. The van der Waals surface area contributed by atoms with E-state index >= 15 is 0 Å². The number of carbonyl (C=O) groups is 1. The number of halogens is 4. The molecule has 7 nitrogen and oxygen atoms in total. The summed E-state index contributed by atoms with van der Waals surface area (Å²) in [5, 5.41) is 10.8. The van der Waals surface area contributed by atoms with Crippen LogP contribution in [0.25, 0.3) is 6.08 Å². The van der Waals surface area contributed by atoms with Gasteiger partial charge in [0.1, 0.15) is 29.1 Å². The summed E-state index contributed by atoms with van der Waals surface area (Å²) in [4.78, 5) is 21.4. The van der Waals surface area contributed by atoms with Gasteiger partial charge in [0.05, 0.1) is 25.3 Å². The standard InChI is InChI=1S/C20H20F4N6O/c21-12-3-4-14(22)13(8-12)15-2-1-7-30(15)16(25)5-6-17-26-9-18(27-17)28-19(31)29-10-20(23,24)11-29/h3-6,8-9,15,25H,1-2,7,10-11H2,(H,26,27)(H,28,31)/b6-5-,25-16?/t15-/m1/s1. The van der Waals surface area contributed by atoms with E-state index in [0.29, 0.717) is 18.8 Å². The first-order valence-electron chi connectivity index (χ1n) is 9.69. The summed E-state index contributed by atoms with van der Waals surface area (Å²) in [5.74, 6) is -3.22. The summed E-state index contributed by atoms with van der Waals surface area (Å²) < 4.78 is 53.5. The lowest BCUT2D eigenvalue weighted by Gasteiger charge is -2.38. The molecular formula is C20H20F4N6O. The van der Waals surface area contributed by atoms with Crippen LogP contribution in [0.15, 0.2) is 30.5 Å². The smallest absolute Gasteiger partial charge is 0.323 e. The van der Waals surface area contributed by atoms with Crippen LogP contribution in [0.4, 0.5) is 28.2 Å². The second-order valence-electron chi connectivity index (χ2n) is 7.56. The number of imidazole rings is 1. The number of rotatable bonds is 4. The lowest BCUT2D eigenvalue weighted by atomic mass is 10.0. The normalized spacial score (nSPS) is 20.2. The second-order valence-corrected chi connectivity index (χ2v) is 7.56. The summed E-state index contributed by atoms with van der Waals surface area (Å²) in [7, 11) is 0. The van der Waals surface area contributed by atoms with E-state index in [-0.39, 0.29) is 17.2 Å². The Kier molecular flexibility index (Phi) is 5.42. The molecule has 2 saturated heterocycles. The summed E-state index contributed by atoms with van der Waals surface area (Å²) in [6, 6.07) is 2.21. The molecule has 0 bridgehead atoms. The van der Waals surface area contributed by atoms with Gasteiger partial charge in [0, 0.05) is 12.1 Å². The number of urea groups is 1. The number of alkyl halides is 2. The maximum atomic E-state index is 14.2. The van der Waals surface area contributed by atoms with Gasteiger partial charge < -0.3 is 14.8 Å². The lowest BCUT2D eigenvalue weighted by Crippen LogP contribution is -2.59. The van der Waals surface area contributed by atoms with Crippen LogP contribution in [-0.4, -0.2) is 57.2 Å². The molecule has 0 aliphatic carbocycles. The van der Waals surface area contributed by atoms with Crippen LogP contribution in [0.1, 0.15) is 30.3 Å². The highest BCUT2D eigenvalue weighted by Gasteiger charge is 2.46. The van der Waals surface area contributed by atoms with E-state index in [4.69, 9.17) is 5.41 Å². The van der Waals surface area contributed by atoms with Gasteiger partial charge in [-0.2, -0.15) is 0 Å². The number of nitrogens with one attached hydrogen (secondary N) is 3. The Morgan fingerprint density at radius 3 is 2.84 bits per heavy atom. The third kappa shape index (κ3) is 4.54. The highest BCUT2D eigenvalue weighted by Crippen LogP contribution is 2.34. The number of nitrogens with zero attached hydrogens (tertiary/aromatic N) is 3. The molecule has 11 heteroatoms. The topological polar surface area (TPSA) is 88.1 Å². The molecule has 164 valence electrons. The van der Waals surface area contributed by atoms with Crippen LogP contribution in [-0.2, 0) is 0 Å². The van der Waals surface area contributed by atoms with Gasteiger partial charge in [0.2, 0.25) is 0 Å². The van der Waals surface area contributed by atoms with Gasteiger partial charge in [-0.15, -0.1) is 0 Å². The first kappa shape index (κ1) is 20.9. The molecule has 2 aromatic rings. The number of likely N-dealkylation sites (tertiary alicyclic amines) is 2. The Labute approximate surface area is 175 Å². The average Bonchev–Trinajstić information content (AvgIpc) is 3.35. The van der Waals surface area contributed by atoms with E-state index in [0.717, 1.165) is 29.5 Å². The van der Waals surface area contributed by atoms with Crippen LogP contribution in [0.3, 0.4) is 0 Å². The molecule has 1 aromatic heterocycles. The third-order valence-electron chi connectivity index (χ3n) is 5.25. The maximum Gasteiger partial charge on any atom is 0.323 e. The number of amides is 2. The number of aromatic amines is 1. The van der Waals surface area contributed by atoms with Crippen molar-refractivity contribution in [2.45, 2.75) is 24.8 Å². The van der Waals surface area contributed by atoms with Gasteiger partial charge in [-0.1, -0.05) is 0 Å². The van der Waals surface area contributed by atoms with E-state index in [1.165, 1.54) is 18.3 Å². The van der Waals surface area contributed by atoms with Crippen molar-refractivity contribution in [2.24, 2.45) is 0 Å². The minimum atomic E-state index is -2.85. The molecule has 1 aromatic carbocycles. The van der Waals surface area contributed by atoms with Crippen LogP contribution >= 0.6 is 0 Å². The molecule has 2 aliphatic rings. The van der Waals surface area contributed by atoms with E-state index in [1.54, 1.807) is 4.90 Å². The SMILES string of the molecule is N=C(/C=C\c1ncc(NC(=O)N2CC(F)(F)C2)[nH]1)N1CCC[C@@H]1c1cc(F)ccc1F. The van der Waals surface area contributed by atoms with E-state index in [9.17, 15) is 22.4 Å². The zero-order valence-electron chi connectivity index (χ0n) is 16.3. The maximum absolute atomic E-state index is 14.2. The summed E-state index contributed by atoms with van der Waals surface area (Å²) in [5.41, 5.74) is 0.218. The fourth-order valence-electron chi connectivity index (χ4n) is 3.74. The van der Waals surface area contributed by atoms with Gasteiger partial charge in [0.15, 0.2) is 0 Å². The number of anilines is 1. The Balaban J connectivity index is 1.38. The molecule has 0 unspecified atom stereocenters. The van der Waals surface area contributed by atoms with Gasteiger partial charge in [-0.05, 0) is 43.2 Å². The van der Waals surface area contributed by atoms with Gasteiger partial charge >= 0.3 is 6.03 Å². The molecule has 0 saturated carbocycles. The van der Waals surface area contributed by atoms with Crippen molar-refractivity contribution in [1.29, 1.82) is 5.41 Å². The van der Waals surface area contributed by atoms with E-state index in [1.807, 2.05) is 0 Å². The van der Waals surface area contributed by atoms with Crippen molar-refractivity contribution in [3.63, 3.8) is 0 Å². The van der Waals surface area contributed by atoms with Crippen molar-refractivity contribution in [3.05, 3.63) is 53.5 Å². The number of carbonyl (C=O) groups excluding carboxylic acids is 1. The first-order chi connectivity index (χ1) is 14.7. The average molecular weight is 436 g/mol. The van der Waals surface area contributed by atoms with Crippen molar-refractivity contribution < 1.29 is 22.4 Å². The number of aromatic nitrogens is 2. The molecule has 2 fully saturated rings. The zero-order chi connectivity index (χ0) is 22.2. The Hall–Kier alpha value is -3.37. The highest BCUT2D eigenvalue weighted by atomic mass is 19.3. The molecule has 0 radical (unpaired) electrons. The van der Waals surface area contributed by atoms with E-state index in [2.05, 4.69) is 15.3 Å². The minimum Gasteiger partial charge on any atom is -0.350 e. The number of hydrogen-bond acceptors (Lipinski definition) is 3. The van der Waals surface area contributed by atoms with Crippen LogP contribution in [0.2, 0.25) is 0 Å². The van der Waals surface area contributed by atoms with E-state index < -0.39 is 42.7 Å². The summed E-state index contributed by atoms with van der Waals surface area (Å²) >= 11 is 0. The summed E-state index contributed by atoms with van der Waals surface area (Å²) in [6.45, 7) is -0.719. The van der Waals surface area contributed by atoms with Crippen molar-refractivity contribution in [1.82, 2.24) is 19.8 Å². The number of H-pyrrole nitrogens is 1. The molecule has 4 rings (SSSR count). The predicted molar refractivity (Wildman–Crippen MR) is 106 cm³/mol. The van der Waals surface area contributed by atoms with Crippen LogP contribution in [0.5, 0.6) is 0 Å². The van der Waals surface area contributed by atoms with Crippen molar-refractivity contribution in [3.8, 4) is 0 Å². The van der Waals surface area contributed by atoms with Crippen LogP contribution < -0.4 is 5.32 Å². The quantitative estimate of drug-likeness (QED) is 0.385. The van der Waals surface area contributed by atoms with Gasteiger partial charge in [-0.25, -0.2) is 27.3 Å².